The van der Waals surface area contributed by atoms with Gasteiger partial charge >= 0.3 is 0 Å². The zero-order valence-corrected chi connectivity index (χ0v) is 13.8. The lowest BCUT2D eigenvalue weighted by Crippen LogP contribution is -2.54. The van der Waals surface area contributed by atoms with Gasteiger partial charge in [0.2, 0.25) is 0 Å². The molecule has 2 nitrogen and oxygen atoms in total. The Morgan fingerprint density at radius 1 is 1.11 bits per heavy atom. The minimum Gasteiger partial charge on any atom is -0.342 e. The van der Waals surface area contributed by atoms with Gasteiger partial charge in [-0.1, -0.05) is 44.4 Å². The molecule has 0 radical (unpaired) electrons. The van der Waals surface area contributed by atoms with Crippen molar-refractivity contribution < 1.29 is 0 Å². The third-order valence-corrected chi connectivity index (χ3v) is 14.6. The van der Waals surface area contributed by atoms with Crippen LogP contribution in [0.4, 0.5) is 0 Å². The average Bonchev–Trinajstić information content (AvgIpc) is 2.53. The molecule has 0 saturated carbocycles. The third kappa shape index (κ3) is 2.44. The summed E-state index contributed by atoms with van der Waals surface area (Å²) in [4.78, 5) is 0. The molecule has 0 spiro atoms. The Kier molecular flexibility index (Phi) is 3.50. The highest BCUT2D eigenvalue weighted by molar-refractivity contribution is 6.95. The van der Waals surface area contributed by atoms with Crippen molar-refractivity contribution in [1.82, 2.24) is 4.23 Å². The van der Waals surface area contributed by atoms with Crippen LogP contribution in [0.3, 0.4) is 0 Å². The van der Waals surface area contributed by atoms with E-state index in [0.29, 0.717) is 0 Å². The molecule has 0 atom stereocenters. The van der Waals surface area contributed by atoms with Crippen molar-refractivity contribution in [1.29, 1.82) is 5.26 Å². The van der Waals surface area contributed by atoms with E-state index >= 15 is 0 Å². The zero-order chi connectivity index (χ0) is 13.4. The molecule has 0 unspecified atom stereocenters. The highest BCUT2D eigenvalue weighted by atomic mass is 28.4. The van der Waals surface area contributed by atoms with Crippen LogP contribution in [0.5, 0.6) is 0 Å². The van der Waals surface area contributed by atoms with Crippen molar-refractivity contribution in [3.05, 3.63) is 35.4 Å². The minimum atomic E-state index is -1.24. The highest BCUT2D eigenvalue weighted by Crippen LogP contribution is 2.38. The molecule has 1 aliphatic rings. The highest BCUT2D eigenvalue weighted by Gasteiger charge is 2.46. The summed E-state index contributed by atoms with van der Waals surface area (Å²) in [5.41, 5.74) is 2.06. The van der Waals surface area contributed by atoms with Gasteiger partial charge in [-0.05, 0) is 23.7 Å². The zero-order valence-electron chi connectivity index (χ0n) is 11.8. The standard InChI is InChI=1S/C14H22N2Si2/c1-17(2)9-10-18(3,4)16(17)12-14-8-6-5-7-13(14)11-15/h5-8H,9-10,12H2,1-4H3. The first-order chi connectivity index (χ1) is 8.37. The quantitative estimate of drug-likeness (QED) is 0.767. The van der Waals surface area contributed by atoms with E-state index in [1.807, 2.05) is 12.1 Å². The number of nitrogens with zero attached hydrogens (tertiary/aromatic N) is 2. The Morgan fingerprint density at radius 3 is 2.22 bits per heavy atom. The van der Waals surface area contributed by atoms with Crippen LogP contribution in [-0.4, -0.2) is 20.7 Å². The van der Waals surface area contributed by atoms with Crippen LogP contribution in [0, 0.1) is 11.3 Å². The number of hydrogen-bond acceptors (Lipinski definition) is 2. The Morgan fingerprint density at radius 2 is 1.67 bits per heavy atom. The summed E-state index contributed by atoms with van der Waals surface area (Å²) in [6.07, 6.45) is 0. The number of hydrogen-bond donors (Lipinski definition) is 0. The molecule has 18 heavy (non-hydrogen) atoms. The molecule has 1 aliphatic heterocycles. The molecule has 0 aliphatic carbocycles. The van der Waals surface area contributed by atoms with Gasteiger partial charge in [-0.3, -0.25) is 0 Å². The average molecular weight is 275 g/mol. The largest absolute Gasteiger partial charge is 0.342 e. The summed E-state index contributed by atoms with van der Waals surface area (Å²) in [5, 5.41) is 9.21. The molecule has 0 amide bonds. The van der Waals surface area contributed by atoms with Gasteiger partial charge < -0.3 is 4.23 Å². The molecule has 96 valence electrons. The molecule has 0 bridgehead atoms. The predicted molar refractivity (Wildman–Crippen MR) is 81.3 cm³/mol. The fourth-order valence-corrected chi connectivity index (χ4v) is 16.9. The van der Waals surface area contributed by atoms with Crippen molar-refractivity contribution in [2.24, 2.45) is 0 Å². The fourth-order valence-electron chi connectivity index (χ4n) is 3.07. The van der Waals surface area contributed by atoms with Crippen LogP contribution in [0.1, 0.15) is 11.1 Å². The Hall–Kier alpha value is -0.896. The maximum atomic E-state index is 9.21. The predicted octanol–water partition coefficient (Wildman–Crippen LogP) is 3.78. The van der Waals surface area contributed by atoms with Crippen molar-refractivity contribution in [2.45, 2.75) is 44.8 Å². The second-order valence-electron chi connectivity index (χ2n) is 6.48. The van der Waals surface area contributed by atoms with Crippen molar-refractivity contribution in [2.75, 3.05) is 0 Å². The first kappa shape index (κ1) is 13.5. The maximum Gasteiger partial charge on any atom is 0.115 e. The van der Waals surface area contributed by atoms with Gasteiger partial charge in [0.1, 0.15) is 16.5 Å². The van der Waals surface area contributed by atoms with Gasteiger partial charge in [0, 0.05) is 6.54 Å². The van der Waals surface area contributed by atoms with Gasteiger partial charge in [-0.2, -0.15) is 5.26 Å². The molecule has 1 fully saturated rings. The minimum absolute atomic E-state index is 0.846. The number of benzene rings is 1. The van der Waals surface area contributed by atoms with Crippen LogP contribution in [0.2, 0.25) is 38.3 Å². The lowest BCUT2D eigenvalue weighted by atomic mass is 10.1. The van der Waals surface area contributed by atoms with Crippen molar-refractivity contribution in [3.8, 4) is 6.07 Å². The van der Waals surface area contributed by atoms with Crippen LogP contribution >= 0.6 is 0 Å². The van der Waals surface area contributed by atoms with Crippen molar-refractivity contribution in [3.63, 3.8) is 0 Å². The van der Waals surface area contributed by atoms with Gasteiger partial charge in [-0.25, -0.2) is 0 Å². The number of nitriles is 1. The van der Waals surface area contributed by atoms with E-state index in [0.717, 1.165) is 12.1 Å². The van der Waals surface area contributed by atoms with E-state index < -0.39 is 16.5 Å². The monoisotopic (exact) mass is 274 g/mol. The Bertz CT molecular complexity index is 473. The first-order valence-electron chi connectivity index (χ1n) is 6.63. The van der Waals surface area contributed by atoms with Gasteiger partial charge in [0.25, 0.3) is 0 Å². The topological polar surface area (TPSA) is 27.0 Å². The Balaban J connectivity index is 2.31. The number of rotatable bonds is 2. The summed E-state index contributed by atoms with van der Waals surface area (Å²) in [5.74, 6) is 0. The summed E-state index contributed by atoms with van der Waals surface area (Å²) >= 11 is 0. The van der Waals surface area contributed by atoms with E-state index in [-0.39, 0.29) is 0 Å². The normalized spacial score (nSPS) is 21.7. The molecule has 1 aromatic carbocycles. The Labute approximate surface area is 112 Å². The van der Waals surface area contributed by atoms with Crippen LogP contribution in [0.15, 0.2) is 24.3 Å². The molecular formula is C14H22N2Si2. The molecule has 1 heterocycles. The molecule has 1 aromatic rings. The summed E-state index contributed by atoms with van der Waals surface area (Å²) in [6.45, 7) is 10.9. The second kappa shape index (κ2) is 4.65. The van der Waals surface area contributed by atoms with E-state index in [2.05, 4.69) is 48.6 Å². The van der Waals surface area contributed by atoms with Gasteiger partial charge in [-0.15, -0.1) is 0 Å². The summed E-state index contributed by atoms with van der Waals surface area (Å²) < 4.78 is 2.82. The molecule has 2 rings (SSSR count). The molecule has 4 heteroatoms. The molecule has 0 N–H and O–H groups in total. The summed E-state index contributed by atoms with van der Waals surface area (Å²) in [7, 11) is -2.48. The van der Waals surface area contributed by atoms with Gasteiger partial charge in [0.05, 0.1) is 11.6 Å². The fraction of sp³-hybridized carbons (Fsp3) is 0.500. The van der Waals surface area contributed by atoms with E-state index in [4.69, 9.17) is 0 Å². The van der Waals surface area contributed by atoms with E-state index in [9.17, 15) is 5.26 Å². The van der Waals surface area contributed by atoms with Crippen LogP contribution in [-0.2, 0) is 6.54 Å². The molecular weight excluding hydrogens is 252 g/mol. The smallest absolute Gasteiger partial charge is 0.115 e. The molecule has 1 saturated heterocycles. The first-order valence-corrected chi connectivity index (χ1v) is 12.9. The van der Waals surface area contributed by atoms with Crippen molar-refractivity contribution >= 4 is 16.5 Å². The van der Waals surface area contributed by atoms with Crippen LogP contribution < -0.4 is 0 Å². The van der Waals surface area contributed by atoms with E-state index in [1.54, 1.807) is 0 Å². The maximum absolute atomic E-state index is 9.21. The van der Waals surface area contributed by atoms with Crippen LogP contribution in [0.25, 0.3) is 0 Å². The third-order valence-electron chi connectivity index (χ3n) is 4.28. The SMILES string of the molecule is C[Si]1(C)CC[Si](C)(C)N1Cc1ccccc1C#N. The van der Waals surface area contributed by atoms with Gasteiger partial charge in [0.15, 0.2) is 0 Å². The lowest BCUT2D eigenvalue weighted by molar-refractivity contribution is 0.623. The molecule has 0 aromatic heterocycles. The summed E-state index contributed by atoms with van der Waals surface area (Å²) in [6, 6.07) is 13.2. The second-order valence-corrected chi connectivity index (χ2v) is 16.3. The lowest BCUT2D eigenvalue weighted by Gasteiger charge is -2.39. The van der Waals surface area contributed by atoms with E-state index in [1.165, 1.54) is 17.7 Å².